The van der Waals surface area contributed by atoms with Gasteiger partial charge in [0.1, 0.15) is 0 Å². The molecule has 0 unspecified atom stereocenters. The Morgan fingerprint density at radius 1 is 1.29 bits per heavy atom. The average Bonchev–Trinajstić information content (AvgIpc) is 2.42. The molecule has 0 atom stereocenters. The van der Waals surface area contributed by atoms with E-state index >= 15 is 0 Å². The molecule has 1 rings (SSSR count). The second kappa shape index (κ2) is 8.89. The van der Waals surface area contributed by atoms with Crippen molar-refractivity contribution in [2.45, 2.75) is 32.9 Å². The van der Waals surface area contributed by atoms with Crippen LogP contribution in [-0.4, -0.2) is 32.7 Å². The number of carbonyl (C=O) groups excluding carboxylic acids is 1. The third kappa shape index (κ3) is 5.93. The summed E-state index contributed by atoms with van der Waals surface area (Å²) in [6, 6.07) is 4.08. The summed E-state index contributed by atoms with van der Waals surface area (Å²) in [7, 11) is 3.21. The van der Waals surface area contributed by atoms with E-state index in [1.807, 2.05) is 26.0 Å². The van der Waals surface area contributed by atoms with Gasteiger partial charge in [-0.25, -0.2) is 0 Å². The largest absolute Gasteiger partial charge is 0.493 e. The normalized spacial score (nSPS) is 10.6. The fourth-order valence-electron chi connectivity index (χ4n) is 1.90. The van der Waals surface area contributed by atoms with E-state index in [9.17, 15) is 4.79 Å². The Balaban J connectivity index is 2.49. The first-order valence-electron chi connectivity index (χ1n) is 6.88. The number of rotatable bonds is 8. The second-order valence-corrected chi connectivity index (χ2v) is 5.82. The third-order valence-corrected chi connectivity index (χ3v) is 3.39. The number of halogens is 1. The summed E-state index contributed by atoms with van der Waals surface area (Å²) in [5.74, 6) is 1.42. The summed E-state index contributed by atoms with van der Waals surface area (Å²) in [4.78, 5) is 11.5. The summed E-state index contributed by atoms with van der Waals surface area (Å²) in [5.41, 5.74) is 1.06. The molecule has 0 radical (unpaired) electrons. The van der Waals surface area contributed by atoms with Crippen molar-refractivity contribution >= 4 is 21.8 Å². The molecule has 1 aromatic carbocycles. The van der Waals surface area contributed by atoms with E-state index in [4.69, 9.17) is 9.47 Å². The summed E-state index contributed by atoms with van der Waals surface area (Å²) >= 11 is 3.46. The molecular formula is C15H23BrN2O3. The Bertz CT molecular complexity index is 478. The van der Waals surface area contributed by atoms with Crippen LogP contribution in [0, 0.1) is 0 Å². The highest BCUT2D eigenvalue weighted by Gasteiger charge is 2.10. The molecule has 2 N–H and O–H groups in total. The zero-order valence-electron chi connectivity index (χ0n) is 13.0. The van der Waals surface area contributed by atoms with Gasteiger partial charge < -0.3 is 20.1 Å². The molecule has 0 aliphatic carbocycles. The van der Waals surface area contributed by atoms with Crippen molar-refractivity contribution in [1.82, 2.24) is 10.6 Å². The summed E-state index contributed by atoms with van der Waals surface area (Å²) in [6.07, 6.45) is 0.465. The van der Waals surface area contributed by atoms with Crippen LogP contribution in [0.4, 0.5) is 0 Å². The van der Waals surface area contributed by atoms with Gasteiger partial charge in [-0.3, -0.25) is 4.79 Å². The van der Waals surface area contributed by atoms with E-state index < -0.39 is 0 Å². The molecule has 0 aliphatic heterocycles. The van der Waals surface area contributed by atoms with Crippen LogP contribution in [-0.2, 0) is 11.3 Å². The Hall–Kier alpha value is -1.27. The number of ether oxygens (including phenoxy) is 2. The first kappa shape index (κ1) is 17.8. The van der Waals surface area contributed by atoms with Crippen molar-refractivity contribution in [1.29, 1.82) is 0 Å². The number of hydrogen-bond donors (Lipinski definition) is 2. The molecule has 0 bridgehead atoms. The van der Waals surface area contributed by atoms with Gasteiger partial charge >= 0.3 is 0 Å². The molecule has 0 aliphatic rings. The van der Waals surface area contributed by atoms with Gasteiger partial charge in [-0.2, -0.15) is 0 Å². The predicted molar refractivity (Wildman–Crippen MR) is 86.8 cm³/mol. The molecule has 1 aromatic rings. The molecule has 6 heteroatoms. The van der Waals surface area contributed by atoms with Crippen molar-refractivity contribution in [3.63, 3.8) is 0 Å². The van der Waals surface area contributed by atoms with Crippen LogP contribution >= 0.6 is 15.9 Å². The molecular weight excluding hydrogens is 336 g/mol. The highest BCUT2D eigenvalue weighted by Crippen LogP contribution is 2.36. The number of benzene rings is 1. The van der Waals surface area contributed by atoms with E-state index in [0.29, 0.717) is 31.0 Å². The molecule has 0 aromatic heterocycles. The van der Waals surface area contributed by atoms with Crippen molar-refractivity contribution < 1.29 is 14.3 Å². The van der Waals surface area contributed by atoms with Gasteiger partial charge in [-0.05, 0) is 47.5 Å². The molecule has 5 nitrogen and oxygen atoms in total. The maximum absolute atomic E-state index is 11.5. The monoisotopic (exact) mass is 358 g/mol. The zero-order chi connectivity index (χ0) is 15.8. The molecule has 0 heterocycles. The minimum Gasteiger partial charge on any atom is -0.493 e. The van der Waals surface area contributed by atoms with E-state index in [2.05, 4.69) is 26.6 Å². The van der Waals surface area contributed by atoms with Gasteiger partial charge in [0.25, 0.3) is 0 Å². The van der Waals surface area contributed by atoms with Gasteiger partial charge in [0, 0.05) is 25.6 Å². The maximum atomic E-state index is 11.5. The van der Waals surface area contributed by atoms with Crippen molar-refractivity contribution in [2.24, 2.45) is 0 Å². The quantitative estimate of drug-likeness (QED) is 0.700. The van der Waals surface area contributed by atoms with Gasteiger partial charge in [-0.15, -0.1) is 0 Å². The smallest absolute Gasteiger partial charge is 0.221 e. The number of methoxy groups -OCH3 is 2. The van der Waals surface area contributed by atoms with Crippen molar-refractivity contribution in [3.8, 4) is 11.5 Å². The topological polar surface area (TPSA) is 59.6 Å². The fourth-order valence-corrected chi connectivity index (χ4v) is 2.55. The van der Waals surface area contributed by atoms with Gasteiger partial charge in [0.2, 0.25) is 5.91 Å². The van der Waals surface area contributed by atoms with Crippen LogP contribution in [0.1, 0.15) is 25.8 Å². The Labute approximate surface area is 134 Å². The molecule has 118 valence electrons. The van der Waals surface area contributed by atoms with Crippen molar-refractivity contribution in [2.75, 3.05) is 20.8 Å². The third-order valence-electron chi connectivity index (χ3n) is 2.80. The second-order valence-electron chi connectivity index (χ2n) is 4.96. The van der Waals surface area contributed by atoms with E-state index in [-0.39, 0.29) is 11.9 Å². The number of carbonyl (C=O) groups is 1. The standard InChI is InChI=1S/C15H23BrN2O3/c1-10(2)18-14(19)5-6-17-9-11-7-12(16)15(21-4)13(8-11)20-3/h7-8,10,17H,5-6,9H2,1-4H3,(H,18,19). The summed E-state index contributed by atoms with van der Waals surface area (Å²) in [6.45, 7) is 5.19. The lowest BCUT2D eigenvalue weighted by atomic mass is 10.2. The molecule has 1 amide bonds. The van der Waals surface area contributed by atoms with Crippen LogP contribution in [0.2, 0.25) is 0 Å². The lowest BCUT2D eigenvalue weighted by molar-refractivity contribution is -0.121. The SMILES string of the molecule is COc1cc(CNCCC(=O)NC(C)C)cc(Br)c1OC. The van der Waals surface area contributed by atoms with Crippen LogP contribution in [0.25, 0.3) is 0 Å². The fraction of sp³-hybridized carbons (Fsp3) is 0.533. The van der Waals surface area contributed by atoms with Crippen LogP contribution in [0.5, 0.6) is 11.5 Å². The zero-order valence-corrected chi connectivity index (χ0v) is 14.5. The molecule has 0 saturated carbocycles. The number of hydrogen-bond acceptors (Lipinski definition) is 4. The number of amides is 1. The minimum absolute atomic E-state index is 0.0611. The summed E-state index contributed by atoms with van der Waals surface area (Å²) < 4.78 is 11.4. The van der Waals surface area contributed by atoms with Gasteiger partial charge in [-0.1, -0.05) is 0 Å². The number of nitrogens with one attached hydrogen (secondary N) is 2. The predicted octanol–water partition coefficient (Wildman–Crippen LogP) is 2.47. The van der Waals surface area contributed by atoms with Crippen molar-refractivity contribution in [3.05, 3.63) is 22.2 Å². The van der Waals surface area contributed by atoms with Gasteiger partial charge in [0.15, 0.2) is 11.5 Å². The maximum Gasteiger partial charge on any atom is 0.221 e. The average molecular weight is 359 g/mol. The Morgan fingerprint density at radius 3 is 2.57 bits per heavy atom. The van der Waals surface area contributed by atoms with E-state index in [1.54, 1.807) is 14.2 Å². The van der Waals surface area contributed by atoms with Crippen LogP contribution in [0.3, 0.4) is 0 Å². The van der Waals surface area contributed by atoms with Crippen LogP contribution in [0.15, 0.2) is 16.6 Å². The van der Waals surface area contributed by atoms with E-state index in [1.165, 1.54) is 0 Å². The first-order chi connectivity index (χ1) is 9.97. The lowest BCUT2D eigenvalue weighted by Crippen LogP contribution is -2.32. The van der Waals surface area contributed by atoms with Crippen LogP contribution < -0.4 is 20.1 Å². The van der Waals surface area contributed by atoms with Gasteiger partial charge in [0.05, 0.1) is 18.7 Å². The Kier molecular flexibility index (Phi) is 7.53. The summed E-state index contributed by atoms with van der Waals surface area (Å²) in [5, 5.41) is 6.10. The highest BCUT2D eigenvalue weighted by atomic mass is 79.9. The lowest BCUT2D eigenvalue weighted by Gasteiger charge is -2.13. The molecule has 0 saturated heterocycles. The van der Waals surface area contributed by atoms with E-state index in [0.717, 1.165) is 10.0 Å². The minimum atomic E-state index is 0.0611. The Morgan fingerprint density at radius 2 is 2.00 bits per heavy atom. The molecule has 21 heavy (non-hydrogen) atoms. The first-order valence-corrected chi connectivity index (χ1v) is 7.67. The highest BCUT2D eigenvalue weighted by molar-refractivity contribution is 9.10. The molecule has 0 spiro atoms. The molecule has 0 fully saturated rings.